The maximum atomic E-state index is 11.2. The highest BCUT2D eigenvalue weighted by Crippen LogP contribution is 2.20. The SMILES string of the molecule is C=C(C)C(=O)OCC1OC(O)C(NC(C)=O)C(O)C1O. The van der Waals surface area contributed by atoms with Gasteiger partial charge in [-0.05, 0) is 6.92 Å². The number of amides is 1. The third-order valence-corrected chi connectivity index (χ3v) is 2.82. The van der Waals surface area contributed by atoms with Crippen LogP contribution in [-0.4, -0.2) is 64.4 Å². The number of aliphatic hydroxyl groups excluding tert-OH is 3. The van der Waals surface area contributed by atoms with Crippen LogP contribution in [-0.2, 0) is 19.1 Å². The number of carbonyl (C=O) groups excluding carboxylic acids is 2. The maximum absolute atomic E-state index is 11.2. The number of rotatable bonds is 4. The average Bonchev–Trinajstić information content (AvgIpc) is 2.36. The average molecular weight is 289 g/mol. The van der Waals surface area contributed by atoms with Crippen LogP contribution in [0.25, 0.3) is 0 Å². The standard InChI is InChI=1S/C12H19NO7/c1-5(2)11(17)19-4-7-9(15)10(16)8(12(18)20-7)13-6(3)14/h7-10,12,15-16,18H,1,4H2,2-3H3,(H,13,14). The zero-order chi connectivity index (χ0) is 15.4. The lowest BCUT2D eigenvalue weighted by Gasteiger charge is -2.40. The molecule has 1 heterocycles. The summed E-state index contributed by atoms with van der Waals surface area (Å²) in [7, 11) is 0. The molecule has 5 unspecified atom stereocenters. The topological polar surface area (TPSA) is 125 Å². The molecule has 8 heteroatoms. The predicted molar refractivity (Wildman–Crippen MR) is 66.3 cm³/mol. The van der Waals surface area contributed by atoms with E-state index in [0.717, 1.165) is 0 Å². The highest BCUT2D eigenvalue weighted by atomic mass is 16.6. The molecule has 1 amide bonds. The van der Waals surface area contributed by atoms with Crippen molar-refractivity contribution in [1.82, 2.24) is 5.32 Å². The second-order valence-corrected chi connectivity index (χ2v) is 4.65. The molecule has 1 aliphatic rings. The second-order valence-electron chi connectivity index (χ2n) is 4.65. The van der Waals surface area contributed by atoms with E-state index < -0.39 is 42.5 Å². The Kier molecular flexibility index (Phi) is 5.63. The highest BCUT2D eigenvalue weighted by molar-refractivity contribution is 5.86. The number of esters is 1. The first-order valence-electron chi connectivity index (χ1n) is 6.03. The van der Waals surface area contributed by atoms with Crippen LogP contribution in [0.15, 0.2) is 12.2 Å². The minimum Gasteiger partial charge on any atom is -0.459 e. The van der Waals surface area contributed by atoms with E-state index in [1.807, 2.05) is 0 Å². The normalized spacial score (nSPS) is 33.4. The second kappa shape index (κ2) is 6.80. The molecule has 1 saturated heterocycles. The molecule has 0 aliphatic carbocycles. The van der Waals surface area contributed by atoms with Crippen molar-refractivity contribution in [2.45, 2.75) is 44.5 Å². The number of hydrogen-bond donors (Lipinski definition) is 4. The van der Waals surface area contributed by atoms with Gasteiger partial charge in [0.1, 0.15) is 31.0 Å². The molecular weight excluding hydrogens is 270 g/mol. The van der Waals surface area contributed by atoms with Crippen LogP contribution < -0.4 is 5.32 Å². The van der Waals surface area contributed by atoms with Crippen molar-refractivity contribution < 1.29 is 34.4 Å². The summed E-state index contributed by atoms with van der Waals surface area (Å²) in [5, 5.41) is 31.6. The summed E-state index contributed by atoms with van der Waals surface area (Å²) in [5.74, 6) is -1.16. The van der Waals surface area contributed by atoms with Gasteiger partial charge in [0.2, 0.25) is 5.91 Å². The summed E-state index contributed by atoms with van der Waals surface area (Å²) in [6.45, 7) is 5.69. The fourth-order valence-electron chi connectivity index (χ4n) is 1.76. The molecule has 5 atom stereocenters. The van der Waals surface area contributed by atoms with Crippen molar-refractivity contribution in [2.24, 2.45) is 0 Å². The molecule has 0 spiro atoms. The van der Waals surface area contributed by atoms with Crippen molar-refractivity contribution in [3.63, 3.8) is 0 Å². The molecule has 0 aromatic carbocycles. The molecule has 1 aliphatic heterocycles. The Morgan fingerprint density at radius 3 is 2.35 bits per heavy atom. The van der Waals surface area contributed by atoms with Crippen LogP contribution in [0.2, 0.25) is 0 Å². The van der Waals surface area contributed by atoms with Gasteiger partial charge in [-0.25, -0.2) is 4.79 Å². The minimum absolute atomic E-state index is 0.174. The lowest BCUT2D eigenvalue weighted by Crippen LogP contribution is -2.64. The Labute approximate surface area is 116 Å². The first kappa shape index (κ1) is 16.6. The van der Waals surface area contributed by atoms with Crippen molar-refractivity contribution in [2.75, 3.05) is 6.61 Å². The quantitative estimate of drug-likeness (QED) is 0.350. The van der Waals surface area contributed by atoms with Crippen LogP contribution in [0, 0.1) is 0 Å². The van der Waals surface area contributed by atoms with Crippen LogP contribution in [0.4, 0.5) is 0 Å². The molecule has 0 radical (unpaired) electrons. The van der Waals surface area contributed by atoms with Gasteiger partial charge in [0, 0.05) is 12.5 Å². The van der Waals surface area contributed by atoms with E-state index in [0.29, 0.717) is 0 Å². The van der Waals surface area contributed by atoms with Gasteiger partial charge in [0.25, 0.3) is 0 Å². The van der Waals surface area contributed by atoms with Gasteiger partial charge in [-0.3, -0.25) is 4.79 Å². The van der Waals surface area contributed by atoms with E-state index >= 15 is 0 Å². The van der Waals surface area contributed by atoms with Gasteiger partial charge in [0.15, 0.2) is 6.29 Å². The Bertz CT molecular complexity index is 397. The van der Waals surface area contributed by atoms with Gasteiger partial charge >= 0.3 is 5.97 Å². The molecule has 0 saturated carbocycles. The minimum atomic E-state index is -1.52. The first-order chi connectivity index (χ1) is 9.23. The van der Waals surface area contributed by atoms with E-state index in [9.17, 15) is 24.9 Å². The number of nitrogens with one attached hydrogen (secondary N) is 1. The first-order valence-corrected chi connectivity index (χ1v) is 6.03. The molecule has 1 fully saturated rings. The number of hydrogen-bond acceptors (Lipinski definition) is 7. The van der Waals surface area contributed by atoms with Crippen LogP contribution in [0.1, 0.15) is 13.8 Å². The Balaban J connectivity index is 2.63. The number of ether oxygens (including phenoxy) is 2. The summed E-state index contributed by atoms with van der Waals surface area (Å²) in [4.78, 5) is 22.2. The lowest BCUT2D eigenvalue weighted by molar-refractivity contribution is -0.255. The van der Waals surface area contributed by atoms with E-state index in [1.165, 1.54) is 13.8 Å². The van der Waals surface area contributed by atoms with Gasteiger partial charge in [-0.15, -0.1) is 0 Å². The Hall–Kier alpha value is -1.48. The fourth-order valence-corrected chi connectivity index (χ4v) is 1.76. The van der Waals surface area contributed by atoms with Crippen LogP contribution >= 0.6 is 0 Å². The number of carbonyl (C=O) groups is 2. The van der Waals surface area contributed by atoms with Crippen molar-refractivity contribution in [3.8, 4) is 0 Å². The van der Waals surface area contributed by atoms with Crippen LogP contribution in [0.5, 0.6) is 0 Å². The fraction of sp³-hybridized carbons (Fsp3) is 0.667. The van der Waals surface area contributed by atoms with Crippen molar-refractivity contribution >= 4 is 11.9 Å². The molecule has 0 aromatic heterocycles. The Morgan fingerprint density at radius 2 is 1.85 bits per heavy atom. The summed E-state index contributed by atoms with van der Waals surface area (Å²) in [5.41, 5.74) is 0.174. The van der Waals surface area contributed by atoms with E-state index in [1.54, 1.807) is 0 Å². The van der Waals surface area contributed by atoms with Gasteiger partial charge in [0.05, 0.1) is 0 Å². The lowest BCUT2D eigenvalue weighted by atomic mass is 9.97. The van der Waals surface area contributed by atoms with Gasteiger partial charge in [-0.1, -0.05) is 6.58 Å². The molecule has 0 aromatic rings. The van der Waals surface area contributed by atoms with E-state index in [4.69, 9.17) is 9.47 Å². The van der Waals surface area contributed by atoms with Crippen molar-refractivity contribution in [1.29, 1.82) is 0 Å². The predicted octanol–water partition coefficient (Wildman–Crippen LogP) is -1.95. The maximum Gasteiger partial charge on any atom is 0.333 e. The third-order valence-electron chi connectivity index (χ3n) is 2.82. The van der Waals surface area contributed by atoms with E-state index in [-0.39, 0.29) is 12.2 Å². The van der Waals surface area contributed by atoms with E-state index in [2.05, 4.69) is 11.9 Å². The molecule has 114 valence electrons. The van der Waals surface area contributed by atoms with Crippen molar-refractivity contribution in [3.05, 3.63) is 12.2 Å². The molecular formula is C12H19NO7. The molecule has 8 nitrogen and oxygen atoms in total. The summed E-state index contributed by atoms with van der Waals surface area (Å²) in [6, 6.07) is -1.16. The molecule has 1 rings (SSSR count). The highest BCUT2D eigenvalue weighted by Gasteiger charge is 2.44. The Morgan fingerprint density at radius 1 is 1.25 bits per heavy atom. The molecule has 4 N–H and O–H groups in total. The smallest absolute Gasteiger partial charge is 0.333 e. The largest absolute Gasteiger partial charge is 0.459 e. The summed E-state index contributed by atoms with van der Waals surface area (Å²) < 4.78 is 9.83. The third kappa shape index (κ3) is 4.01. The van der Waals surface area contributed by atoms with Gasteiger partial charge in [-0.2, -0.15) is 0 Å². The number of aliphatic hydroxyl groups is 3. The summed E-state index contributed by atoms with van der Waals surface area (Å²) >= 11 is 0. The molecule has 20 heavy (non-hydrogen) atoms. The molecule has 0 bridgehead atoms. The summed E-state index contributed by atoms with van der Waals surface area (Å²) in [6.07, 6.45) is -5.50. The van der Waals surface area contributed by atoms with Gasteiger partial charge < -0.3 is 30.1 Å². The monoisotopic (exact) mass is 289 g/mol. The zero-order valence-corrected chi connectivity index (χ0v) is 11.3. The zero-order valence-electron chi connectivity index (χ0n) is 11.3. The van der Waals surface area contributed by atoms with Crippen LogP contribution in [0.3, 0.4) is 0 Å².